The molecule has 0 spiro atoms. The van der Waals surface area contributed by atoms with E-state index in [2.05, 4.69) is 132 Å². The van der Waals surface area contributed by atoms with Gasteiger partial charge in [0.05, 0.1) is 26.8 Å². The van der Waals surface area contributed by atoms with Crippen LogP contribution in [0.3, 0.4) is 0 Å². The van der Waals surface area contributed by atoms with Gasteiger partial charge < -0.3 is 4.42 Å². The molecule has 12 rings (SSSR count). The zero-order valence-electron chi connectivity index (χ0n) is 26.8. The number of nitrogens with zero attached hydrogens (tertiary/aromatic N) is 3. The summed E-state index contributed by atoms with van der Waals surface area (Å²) in [6, 6.07) is 49.7. The lowest BCUT2D eigenvalue weighted by atomic mass is 9.99. The number of furan rings is 1. The van der Waals surface area contributed by atoms with Crippen molar-refractivity contribution in [2.75, 3.05) is 0 Å². The predicted molar refractivity (Wildman–Crippen MR) is 214 cm³/mol. The molecule has 51 heavy (non-hydrogen) atoms. The number of fused-ring (bicyclic) bond motifs is 15. The summed E-state index contributed by atoms with van der Waals surface area (Å²) in [4.78, 5) is 15.9. The molecule has 0 bridgehead atoms. The highest BCUT2D eigenvalue weighted by atomic mass is 32.2. The molecule has 0 saturated carbocycles. The molecule has 0 atom stereocenters. The molecule has 1 aliphatic heterocycles. The van der Waals surface area contributed by atoms with Crippen LogP contribution < -0.4 is 0 Å². The second-order valence-corrected chi connectivity index (χ2v) is 16.0. The van der Waals surface area contributed by atoms with Gasteiger partial charge in [-0.05, 0) is 47.2 Å². The van der Waals surface area contributed by atoms with Gasteiger partial charge in [-0.15, -0.1) is 11.3 Å². The minimum atomic E-state index is 0.585. The Bertz CT molecular complexity index is 3280. The molecule has 7 heteroatoms. The molecule has 1 aliphatic rings. The fourth-order valence-electron chi connectivity index (χ4n) is 7.98. The van der Waals surface area contributed by atoms with Gasteiger partial charge in [-0.3, -0.25) is 4.57 Å². The molecule has 0 saturated heterocycles. The van der Waals surface area contributed by atoms with E-state index >= 15 is 0 Å². The van der Waals surface area contributed by atoms with E-state index in [0.29, 0.717) is 11.7 Å². The Balaban J connectivity index is 1.25. The van der Waals surface area contributed by atoms with Gasteiger partial charge in [0.1, 0.15) is 5.58 Å². The summed E-state index contributed by atoms with van der Waals surface area (Å²) in [6.07, 6.45) is 0. The number of aromatic nitrogens is 3. The highest BCUT2D eigenvalue weighted by molar-refractivity contribution is 8.05. The number of hydrogen-bond donors (Lipinski definition) is 0. The van der Waals surface area contributed by atoms with Crippen molar-refractivity contribution in [3.05, 3.63) is 140 Å². The molecule has 0 amide bonds. The van der Waals surface area contributed by atoms with E-state index in [1.54, 1.807) is 0 Å². The van der Waals surface area contributed by atoms with Crippen molar-refractivity contribution in [2.45, 2.75) is 19.6 Å². The summed E-state index contributed by atoms with van der Waals surface area (Å²) in [6.45, 7) is 0. The Hall–Kier alpha value is -5.60. The number of para-hydroxylation sites is 2. The Labute approximate surface area is 303 Å². The Kier molecular flexibility index (Phi) is 5.77. The van der Waals surface area contributed by atoms with Crippen LogP contribution >= 0.6 is 34.9 Å². The van der Waals surface area contributed by atoms with Gasteiger partial charge in [0.2, 0.25) is 11.7 Å². The lowest BCUT2D eigenvalue weighted by Gasteiger charge is -2.21. The van der Waals surface area contributed by atoms with E-state index in [0.717, 1.165) is 38.6 Å². The Morgan fingerprint density at radius 3 is 2.04 bits per heavy atom. The summed E-state index contributed by atoms with van der Waals surface area (Å²) in [5, 5.41) is 9.39. The third-order valence-electron chi connectivity index (χ3n) is 10.1. The minimum absolute atomic E-state index is 0.585. The summed E-state index contributed by atoms with van der Waals surface area (Å²) in [5.74, 6) is 0.600. The van der Waals surface area contributed by atoms with Crippen molar-refractivity contribution < 1.29 is 4.42 Å². The third kappa shape index (κ3) is 3.88. The SMILES string of the molecule is c1ccc2c(c1)Sc1cccc(-c3nc(-n4c5ccccc5c5c6ccccc6c6c7ccccc7sc6c54)nc4oc5ccccc5c34)c1S2. The molecule has 4 aromatic heterocycles. The average molecular weight is 706 g/mol. The Morgan fingerprint density at radius 2 is 1.18 bits per heavy atom. The van der Waals surface area contributed by atoms with Crippen LogP contribution in [0.1, 0.15) is 0 Å². The molecule has 0 N–H and O–H groups in total. The van der Waals surface area contributed by atoms with E-state index in [1.165, 1.54) is 61.3 Å². The van der Waals surface area contributed by atoms with Crippen LogP contribution in [0.4, 0.5) is 0 Å². The van der Waals surface area contributed by atoms with E-state index in [1.807, 2.05) is 47.0 Å². The van der Waals surface area contributed by atoms with E-state index in [-0.39, 0.29) is 0 Å². The van der Waals surface area contributed by atoms with Crippen molar-refractivity contribution in [1.29, 1.82) is 0 Å². The van der Waals surface area contributed by atoms with Gasteiger partial charge in [-0.2, -0.15) is 4.98 Å². The summed E-state index contributed by atoms with van der Waals surface area (Å²) >= 11 is 5.48. The van der Waals surface area contributed by atoms with Gasteiger partial charge in [0.25, 0.3) is 0 Å². The van der Waals surface area contributed by atoms with Gasteiger partial charge in [0.15, 0.2) is 0 Å². The van der Waals surface area contributed by atoms with Crippen LogP contribution in [-0.2, 0) is 0 Å². The minimum Gasteiger partial charge on any atom is -0.437 e. The number of hydrogen-bond acceptors (Lipinski definition) is 6. The molecule has 0 unspecified atom stereocenters. The standard InChI is InChI=1S/C44H23N3OS3/c1-2-13-25-24(12-1)36-26-14-3-6-18-30(26)47(40(36)42-37(25)28-16-5-8-20-32(28)50-42)44-45-39(38-27-15-4-7-19-31(27)48-43(38)46-44)29-17-11-23-35-41(29)51-34-22-10-9-21-33(34)49-35/h1-23H. The monoisotopic (exact) mass is 705 g/mol. The quantitative estimate of drug-likeness (QED) is 0.179. The molecule has 7 aromatic carbocycles. The van der Waals surface area contributed by atoms with Gasteiger partial charge in [0, 0.05) is 56.8 Å². The fourth-order valence-corrected chi connectivity index (χ4v) is 11.6. The maximum atomic E-state index is 6.61. The number of benzene rings is 7. The molecule has 11 aromatic rings. The van der Waals surface area contributed by atoms with Crippen LogP contribution in [-0.4, -0.2) is 14.5 Å². The summed E-state index contributed by atoms with van der Waals surface area (Å²) in [5.41, 5.74) is 5.54. The summed E-state index contributed by atoms with van der Waals surface area (Å²) in [7, 11) is 0. The lowest BCUT2D eigenvalue weighted by molar-refractivity contribution is 0.651. The fraction of sp³-hybridized carbons (Fsp3) is 0. The molecular weight excluding hydrogens is 683 g/mol. The summed E-state index contributed by atoms with van der Waals surface area (Å²) < 4.78 is 11.4. The van der Waals surface area contributed by atoms with Crippen LogP contribution in [0.2, 0.25) is 0 Å². The van der Waals surface area contributed by atoms with Gasteiger partial charge in [-0.1, -0.05) is 127 Å². The number of thiophene rings is 1. The third-order valence-corrected chi connectivity index (χ3v) is 13.9. The first kappa shape index (κ1) is 28.1. The van der Waals surface area contributed by atoms with Crippen LogP contribution in [0, 0.1) is 0 Å². The molecule has 238 valence electrons. The first-order valence-electron chi connectivity index (χ1n) is 16.8. The van der Waals surface area contributed by atoms with Crippen molar-refractivity contribution in [1.82, 2.24) is 14.5 Å². The smallest absolute Gasteiger partial charge is 0.238 e. The second kappa shape index (κ2) is 10.5. The van der Waals surface area contributed by atoms with E-state index < -0.39 is 0 Å². The molecule has 0 fully saturated rings. The lowest BCUT2D eigenvalue weighted by Crippen LogP contribution is -2.04. The normalized spacial score (nSPS) is 12.9. The maximum absolute atomic E-state index is 6.61. The zero-order valence-corrected chi connectivity index (χ0v) is 29.2. The predicted octanol–water partition coefficient (Wildman–Crippen LogP) is 13.3. The first-order valence-corrected chi connectivity index (χ1v) is 19.3. The zero-order chi connectivity index (χ0) is 33.2. The van der Waals surface area contributed by atoms with E-state index in [4.69, 9.17) is 14.4 Å². The molecule has 4 nitrogen and oxygen atoms in total. The first-order chi connectivity index (χ1) is 25.3. The Morgan fingerprint density at radius 1 is 0.510 bits per heavy atom. The van der Waals surface area contributed by atoms with Crippen molar-refractivity contribution in [3.63, 3.8) is 0 Å². The average Bonchev–Trinajstić information content (AvgIpc) is 3.87. The molecule has 0 radical (unpaired) electrons. The van der Waals surface area contributed by atoms with Crippen molar-refractivity contribution in [3.8, 4) is 17.2 Å². The largest absolute Gasteiger partial charge is 0.437 e. The maximum Gasteiger partial charge on any atom is 0.238 e. The highest BCUT2D eigenvalue weighted by Gasteiger charge is 2.27. The van der Waals surface area contributed by atoms with Gasteiger partial charge in [-0.25, -0.2) is 4.98 Å². The molecule has 0 aliphatic carbocycles. The molecular formula is C44H23N3OS3. The van der Waals surface area contributed by atoms with Crippen LogP contribution in [0.25, 0.3) is 92.0 Å². The van der Waals surface area contributed by atoms with E-state index in [9.17, 15) is 0 Å². The number of rotatable bonds is 2. The van der Waals surface area contributed by atoms with Crippen LogP contribution in [0.15, 0.2) is 164 Å². The van der Waals surface area contributed by atoms with Crippen molar-refractivity contribution >= 4 is 110 Å². The molecule has 5 heterocycles. The second-order valence-electron chi connectivity index (χ2n) is 12.9. The van der Waals surface area contributed by atoms with Gasteiger partial charge >= 0.3 is 0 Å². The van der Waals surface area contributed by atoms with Crippen LogP contribution in [0.5, 0.6) is 0 Å². The highest BCUT2D eigenvalue weighted by Crippen LogP contribution is 2.53. The van der Waals surface area contributed by atoms with Crippen molar-refractivity contribution in [2.24, 2.45) is 0 Å². The topological polar surface area (TPSA) is 43.9 Å².